The molecule has 2 aromatic carbocycles. The van der Waals surface area contributed by atoms with Crippen molar-refractivity contribution in [2.24, 2.45) is 5.92 Å². The summed E-state index contributed by atoms with van der Waals surface area (Å²) in [5, 5.41) is 5.74. The first-order valence-electron chi connectivity index (χ1n) is 8.42. The molecule has 0 heterocycles. The van der Waals surface area contributed by atoms with Crippen LogP contribution in [0.2, 0.25) is 0 Å². The molecule has 0 saturated carbocycles. The molecule has 7 heteroatoms. The number of thiocarbonyl (C=S) groups is 1. The van der Waals surface area contributed by atoms with E-state index < -0.39 is 0 Å². The Labute approximate surface area is 172 Å². The second kappa shape index (κ2) is 9.62. The number of Topliss-reactive ketones (excluding diaryl/α,β-unsaturated/α-hetero) is 1. The van der Waals surface area contributed by atoms with Gasteiger partial charge in [-0.15, -0.1) is 0 Å². The highest BCUT2D eigenvalue weighted by Gasteiger charge is 2.15. The molecule has 2 rings (SSSR count). The van der Waals surface area contributed by atoms with Crippen LogP contribution in [0, 0.1) is 5.92 Å². The molecule has 0 atom stereocenters. The van der Waals surface area contributed by atoms with E-state index in [2.05, 4.69) is 26.6 Å². The maximum Gasteiger partial charge on any atom is 0.261 e. The SMILES string of the molecule is CC(=O)c1ccc(NC(=S)NC(=O)c2cc(Br)ccc2OCC(C)C)cc1. The van der Waals surface area contributed by atoms with E-state index >= 15 is 0 Å². The zero-order valence-electron chi connectivity index (χ0n) is 15.3. The molecule has 0 aliphatic carbocycles. The molecule has 0 aromatic heterocycles. The number of halogens is 1. The first-order valence-corrected chi connectivity index (χ1v) is 9.62. The van der Waals surface area contributed by atoms with Crippen molar-refractivity contribution in [2.75, 3.05) is 11.9 Å². The summed E-state index contributed by atoms with van der Waals surface area (Å²) < 4.78 is 6.50. The van der Waals surface area contributed by atoms with Crippen LogP contribution in [0.15, 0.2) is 46.9 Å². The molecule has 0 fully saturated rings. The van der Waals surface area contributed by atoms with Crippen LogP contribution in [-0.2, 0) is 0 Å². The van der Waals surface area contributed by atoms with Crippen molar-refractivity contribution in [1.82, 2.24) is 5.32 Å². The average molecular weight is 449 g/mol. The van der Waals surface area contributed by atoms with Crippen LogP contribution in [-0.4, -0.2) is 23.4 Å². The van der Waals surface area contributed by atoms with Gasteiger partial charge in [0.2, 0.25) is 0 Å². The predicted molar refractivity (Wildman–Crippen MR) is 115 cm³/mol. The summed E-state index contributed by atoms with van der Waals surface area (Å²) in [6, 6.07) is 12.1. The summed E-state index contributed by atoms with van der Waals surface area (Å²) in [4.78, 5) is 23.9. The molecule has 0 aliphatic rings. The molecule has 0 aliphatic heterocycles. The fraction of sp³-hybridized carbons (Fsp3) is 0.250. The van der Waals surface area contributed by atoms with Crippen LogP contribution >= 0.6 is 28.1 Å². The van der Waals surface area contributed by atoms with Gasteiger partial charge in [0.15, 0.2) is 10.9 Å². The average Bonchev–Trinajstić information content (AvgIpc) is 2.60. The molecular formula is C20H21BrN2O3S. The van der Waals surface area contributed by atoms with Crippen molar-refractivity contribution in [3.63, 3.8) is 0 Å². The van der Waals surface area contributed by atoms with E-state index in [1.807, 2.05) is 19.9 Å². The van der Waals surface area contributed by atoms with E-state index in [1.165, 1.54) is 6.92 Å². The number of anilines is 1. The highest BCUT2D eigenvalue weighted by Crippen LogP contribution is 2.24. The van der Waals surface area contributed by atoms with E-state index in [9.17, 15) is 9.59 Å². The van der Waals surface area contributed by atoms with Crippen molar-refractivity contribution in [3.8, 4) is 5.75 Å². The van der Waals surface area contributed by atoms with Crippen LogP contribution in [0.3, 0.4) is 0 Å². The normalized spacial score (nSPS) is 10.4. The Morgan fingerprint density at radius 3 is 2.41 bits per heavy atom. The topological polar surface area (TPSA) is 67.4 Å². The van der Waals surface area contributed by atoms with E-state index in [0.717, 1.165) is 4.47 Å². The van der Waals surface area contributed by atoms with Gasteiger partial charge in [-0.3, -0.25) is 14.9 Å². The summed E-state index contributed by atoms with van der Waals surface area (Å²) in [5.74, 6) is 0.456. The maximum absolute atomic E-state index is 12.6. The number of amides is 1. The van der Waals surface area contributed by atoms with Gasteiger partial charge >= 0.3 is 0 Å². The van der Waals surface area contributed by atoms with Gasteiger partial charge in [-0.05, 0) is 67.5 Å². The van der Waals surface area contributed by atoms with Gasteiger partial charge in [-0.25, -0.2) is 0 Å². The third-order valence-electron chi connectivity index (χ3n) is 3.53. The van der Waals surface area contributed by atoms with E-state index in [0.29, 0.717) is 35.1 Å². The molecule has 0 saturated heterocycles. The number of hydrogen-bond donors (Lipinski definition) is 2. The van der Waals surface area contributed by atoms with E-state index in [-0.39, 0.29) is 16.8 Å². The molecule has 27 heavy (non-hydrogen) atoms. The van der Waals surface area contributed by atoms with Crippen LogP contribution in [0.4, 0.5) is 5.69 Å². The van der Waals surface area contributed by atoms with Crippen molar-refractivity contribution >= 4 is 50.6 Å². The van der Waals surface area contributed by atoms with Crippen LogP contribution in [0.1, 0.15) is 41.5 Å². The molecule has 0 unspecified atom stereocenters. The highest BCUT2D eigenvalue weighted by molar-refractivity contribution is 9.10. The third kappa shape index (κ3) is 6.45. The summed E-state index contributed by atoms with van der Waals surface area (Å²) >= 11 is 8.59. The minimum absolute atomic E-state index is 0.0130. The summed E-state index contributed by atoms with van der Waals surface area (Å²) in [6.07, 6.45) is 0. The Kier molecular flexibility index (Phi) is 7.50. The minimum Gasteiger partial charge on any atom is -0.492 e. The smallest absolute Gasteiger partial charge is 0.261 e. The molecule has 2 aromatic rings. The number of carbonyl (C=O) groups excluding carboxylic acids is 2. The van der Waals surface area contributed by atoms with Crippen LogP contribution in [0.5, 0.6) is 5.75 Å². The quantitative estimate of drug-likeness (QED) is 0.489. The first-order chi connectivity index (χ1) is 12.8. The Bertz CT molecular complexity index is 851. The van der Waals surface area contributed by atoms with Crippen molar-refractivity contribution in [3.05, 3.63) is 58.1 Å². The number of benzene rings is 2. The number of hydrogen-bond acceptors (Lipinski definition) is 4. The molecule has 142 valence electrons. The number of rotatable bonds is 6. The minimum atomic E-state index is -0.368. The number of ketones is 1. The Balaban J connectivity index is 2.06. The number of carbonyl (C=O) groups is 2. The van der Waals surface area contributed by atoms with Gasteiger partial charge in [-0.2, -0.15) is 0 Å². The van der Waals surface area contributed by atoms with Gasteiger partial charge in [0.25, 0.3) is 5.91 Å². The zero-order valence-corrected chi connectivity index (χ0v) is 17.7. The van der Waals surface area contributed by atoms with Crippen molar-refractivity contribution in [2.45, 2.75) is 20.8 Å². The zero-order chi connectivity index (χ0) is 20.0. The summed E-state index contributed by atoms with van der Waals surface area (Å²) in [7, 11) is 0. The second-order valence-corrected chi connectivity index (χ2v) is 7.71. The number of ether oxygens (including phenoxy) is 1. The lowest BCUT2D eigenvalue weighted by atomic mass is 10.1. The van der Waals surface area contributed by atoms with Gasteiger partial charge in [0.1, 0.15) is 5.75 Å². The van der Waals surface area contributed by atoms with Crippen molar-refractivity contribution < 1.29 is 14.3 Å². The lowest BCUT2D eigenvalue weighted by Crippen LogP contribution is -2.34. The Morgan fingerprint density at radius 2 is 1.81 bits per heavy atom. The fourth-order valence-electron chi connectivity index (χ4n) is 2.18. The largest absolute Gasteiger partial charge is 0.492 e. The predicted octanol–water partition coefficient (Wildman–Crippen LogP) is 4.81. The molecule has 0 bridgehead atoms. The summed E-state index contributed by atoms with van der Waals surface area (Å²) in [5.41, 5.74) is 1.67. The second-order valence-electron chi connectivity index (χ2n) is 6.39. The van der Waals surface area contributed by atoms with Gasteiger partial charge in [0, 0.05) is 15.7 Å². The standard InChI is InChI=1S/C20H21BrN2O3S/c1-12(2)11-26-18-9-6-15(21)10-17(18)19(25)23-20(27)22-16-7-4-14(5-8-16)13(3)24/h4-10,12H,11H2,1-3H3,(H2,22,23,25,27). The Hall–Kier alpha value is -2.25. The van der Waals surface area contributed by atoms with E-state index in [1.54, 1.807) is 36.4 Å². The lowest BCUT2D eigenvalue weighted by molar-refractivity contribution is 0.0971. The molecule has 2 N–H and O–H groups in total. The van der Waals surface area contributed by atoms with Gasteiger partial charge in [0.05, 0.1) is 12.2 Å². The summed E-state index contributed by atoms with van der Waals surface area (Å²) in [6.45, 7) is 6.08. The Morgan fingerprint density at radius 1 is 1.15 bits per heavy atom. The molecule has 0 spiro atoms. The molecular weight excluding hydrogens is 428 g/mol. The van der Waals surface area contributed by atoms with Crippen LogP contribution in [0.25, 0.3) is 0 Å². The first kappa shape index (κ1) is 21.1. The number of nitrogens with one attached hydrogen (secondary N) is 2. The van der Waals surface area contributed by atoms with Gasteiger partial charge < -0.3 is 10.1 Å². The lowest BCUT2D eigenvalue weighted by Gasteiger charge is -2.14. The molecule has 0 radical (unpaired) electrons. The highest BCUT2D eigenvalue weighted by atomic mass is 79.9. The van der Waals surface area contributed by atoms with Gasteiger partial charge in [-0.1, -0.05) is 29.8 Å². The van der Waals surface area contributed by atoms with E-state index in [4.69, 9.17) is 17.0 Å². The monoisotopic (exact) mass is 448 g/mol. The maximum atomic E-state index is 12.6. The van der Waals surface area contributed by atoms with Crippen LogP contribution < -0.4 is 15.4 Å². The fourth-order valence-corrected chi connectivity index (χ4v) is 2.75. The van der Waals surface area contributed by atoms with Crippen molar-refractivity contribution in [1.29, 1.82) is 0 Å². The molecule has 1 amide bonds. The third-order valence-corrected chi connectivity index (χ3v) is 4.23. The molecule has 5 nitrogen and oxygen atoms in total.